The third-order valence-electron chi connectivity index (χ3n) is 2.97. The molecule has 0 aliphatic carbocycles. The first-order valence-electron chi connectivity index (χ1n) is 6.39. The van der Waals surface area contributed by atoms with E-state index in [0.29, 0.717) is 10.8 Å². The van der Waals surface area contributed by atoms with Crippen LogP contribution in [0.5, 0.6) is 0 Å². The summed E-state index contributed by atoms with van der Waals surface area (Å²) in [5.41, 5.74) is -4.17. The molecule has 6 N–H and O–H groups in total. The van der Waals surface area contributed by atoms with Gasteiger partial charge in [0.05, 0.1) is 12.7 Å². The van der Waals surface area contributed by atoms with E-state index in [-0.39, 0.29) is 6.42 Å². The number of aliphatic hydroxyl groups excluding tert-OH is 2. The van der Waals surface area contributed by atoms with Gasteiger partial charge in [0.15, 0.2) is 0 Å². The first-order chi connectivity index (χ1) is 11.2. The summed E-state index contributed by atoms with van der Waals surface area (Å²) in [4.78, 5) is 45.8. The molecule has 11 nitrogen and oxygen atoms in total. The molecule has 0 spiro atoms. The van der Waals surface area contributed by atoms with Gasteiger partial charge in [0, 0.05) is 12.6 Å². The first kappa shape index (κ1) is 21.5. The van der Waals surface area contributed by atoms with Gasteiger partial charge < -0.3 is 29.6 Å². The zero-order chi connectivity index (χ0) is 19.6. The van der Waals surface area contributed by atoms with Crippen molar-refractivity contribution in [2.75, 3.05) is 6.61 Å². The predicted molar refractivity (Wildman–Crippen MR) is 72.2 cm³/mol. The summed E-state index contributed by atoms with van der Waals surface area (Å²) in [6.45, 7) is -0.540. The van der Waals surface area contributed by atoms with Gasteiger partial charge in [-0.2, -0.15) is 13.2 Å². The second-order valence-electron chi connectivity index (χ2n) is 4.84. The lowest BCUT2D eigenvalue weighted by molar-refractivity contribution is -0.139. The van der Waals surface area contributed by atoms with Gasteiger partial charge in [-0.1, -0.05) is 0 Å². The van der Waals surface area contributed by atoms with Gasteiger partial charge in [-0.05, 0) is 0 Å². The smallest absolute Gasteiger partial charge is 0.394 e. The maximum Gasteiger partial charge on any atom is 0.466 e. The number of halogens is 3. The van der Waals surface area contributed by atoms with E-state index < -0.39 is 55.9 Å². The molecule has 1 aromatic rings. The number of rotatable bonds is 2. The van der Waals surface area contributed by atoms with Crippen molar-refractivity contribution in [2.45, 2.75) is 31.0 Å². The van der Waals surface area contributed by atoms with Crippen molar-refractivity contribution in [3.63, 3.8) is 0 Å². The van der Waals surface area contributed by atoms with Crippen LogP contribution in [-0.2, 0) is 15.5 Å². The van der Waals surface area contributed by atoms with E-state index in [4.69, 9.17) is 29.1 Å². The SMILES string of the molecule is O=P(O)(O)O.O=c1[nH]c(=O)n([C@H]2C[C@H](O)[C@@H](CO)O2)cc1C(F)(F)F. The van der Waals surface area contributed by atoms with Gasteiger partial charge in [-0.3, -0.25) is 14.3 Å². The molecule has 1 fully saturated rings. The van der Waals surface area contributed by atoms with Crippen LogP contribution in [-0.4, -0.2) is 53.3 Å². The highest BCUT2D eigenvalue weighted by atomic mass is 31.2. The second kappa shape index (κ2) is 7.78. The van der Waals surface area contributed by atoms with Crippen LogP contribution in [0.1, 0.15) is 18.2 Å². The Kier molecular flexibility index (Phi) is 6.69. The molecule has 1 saturated heterocycles. The molecule has 0 aromatic carbocycles. The van der Waals surface area contributed by atoms with Crippen LogP contribution >= 0.6 is 7.82 Å². The molecule has 1 aromatic heterocycles. The molecular weight excluding hydrogens is 380 g/mol. The van der Waals surface area contributed by atoms with Crippen LogP contribution < -0.4 is 11.2 Å². The molecule has 1 aliphatic heterocycles. The summed E-state index contributed by atoms with van der Waals surface area (Å²) in [6, 6.07) is 0. The van der Waals surface area contributed by atoms with Gasteiger partial charge in [-0.25, -0.2) is 9.36 Å². The number of aromatic nitrogens is 2. The Morgan fingerprint density at radius 2 is 1.84 bits per heavy atom. The summed E-state index contributed by atoms with van der Waals surface area (Å²) in [5, 5.41) is 18.4. The number of aliphatic hydroxyl groups is 2. The summed E-state index contributed by atoms with van der Waals surface area (Å²) < 4.78 is 52.3. The highest BCUT2D eigenvalue weighted by Gasteiger charge is 2.38. The van der Waals surface area contributed by atoms with Crippen LogP contribution in [0.4, 0.5) is 13.2 Å². The summed E-state index contributed by atoms with van der Waals surface area (Å²) >= 11 is 0. The lowest BCUT2D eigenvalue weighted by atomic mass is 10.2. The van der Waals surface area contributed by atoms with E-state index in [9.17, 15) is 27.9 Å². The number of hydrogen-bond donors (Lipinski definition) is 6. The zero-order valence-corrected chi connectivity index (χ0v) is 13.0. The number of phosphoric acid groups is 1. The fourth-order valence-corrected chi connectivity index (χ4v) is 1.95. The Morgan fingerprint density at radius 1 is 1.32 bits per heavy atom. The molecular formula is C10H14F3N2O9P. The second-order valence-corrected chi connectivity index (χ2v) is 5.86. The quantitative estimate of drug-likeness (QED) is 0.317. The van der Waals surface area contributed by atoms with Gasteiger partial charge in [-0.15, -0.1) is 0 Å². The van der Waals surface area contributed by atoms with E-state index in [1.807, 2.05) is 0 Å². The van der Waals surface area contributed by atoms with Gasteiger partial charge in [0.1, 0.15) is 17.9 Å². The number of ether oxygens (including phenoxy) is 1. The minimum Gasteiger partial charge on any atom is -0.394 e. The summed E-state index contributed by atoms with van der Waals surface area (Å²) in [5.74, 6) is 0. The molecule has 15 heteroatoms. The van der Waals surface area contributed by atoms with Crippen LogP contribution in [0.3, 0.4) is 0 Å². The van der Waals surface area contributed by atoms with Crippen LogP contribution in [0.2, 0.25) is 0 Å². The maximum absolute atomic E-state index is 12.6. The third kappa shape index (κ3) is 6.36. The fourth-order valence-electron chi connectivity index (χ4n) is 1.95. The van der Waals surface area contributed by atoms with Crippen molar-refractivity contribution in [1.82, 2.24) is 9.55 Å². The minimum atomic E-state index is -4.92. The van der Waals surface area contributed by atoms with Crippen LogP contribution in [0, 0.1) is 0 Å². The molecule has 2 rings (SSSR count). The summed E-state index contributed by atoms with van der Waals surface area (Å²) in [7, 11) is -4.64. The molecule has 144 valence electrons. The average molecular weight is 394 g/mol. The Bertz CT molecular complexity index is 747. The van der Waals surface area contributed by atoms with E-state index in [1.165, 1.54) is 0 Å². The Morgan fingerprint density at radius 3 is 2.24 bits per heavy atom. The number of hydrogen-bond acceptors (Lipinski definition) is 6. The molecule has 25 heavy (non-hydrogen) atoms. The van der Waals surface area contributed by atoms with Crippen molar-refractivity contribution >= 4 is 7.82 Å². The maximum atomic E-state index is 12.6. The monoisotopic (exact) mass is 394 g/mol. The number of alkyl halides is 3. The van der Waals surface area contributed by atoms with E-state index in [0.717, 1.165) is 0 Å². The largest absolute Gasteiger partial charge is 0.466 e. The van der Waals surface area contributed by atoms with Crippen molar-refractivity contribution in [3.05, 3.63) is 32.6 Å². The Hall–Kier alpha value is -1.54. The molecule has 0 saturated carbocycles. The van der Waals surface area contributed by atoms with Crippen molar-refractivity contribution in [1.29, 1.82) is 0 Å². The lowest BCUT2D eigenvalue weighted by Crippen LogP contribution is -2.36. The number of aromatic amines is 1. The van der Waals surface area contributed by atoms with Crippen LogP contribution in [0.25, 0.3) is 0 Å². The normalized spacial score (nSPS) is 23.9. The lowest BCUT2D eigenvalue weighted by Gasteiger charge is -2.16. The topological polar surface area (TPSA) is 182 Å². The molecule has 2 heterocycles. The van der Waals surface area contributed by atoms with Crippen molar-refractivity contribution < 1.29 is 47.4 Å². The van der Waals surface area contributed by atoms with E-state index in [1.54, 1.807) is 4.98 Å². The standard InChI is InChI=1S/C10H11F3N2O5.H3O4P/c11-10(12,13)4-2-15(9(19)14-8(4)18)7-1-5(17)6(3-16)20-7;1-5(2,3)4/h2,5-7,16-17H,1,3H2,(H,14,18,19);(H3,1,2,3,4)/t5-,6+,7+;/m0./s1. The fraction of sp³-hybridized carbons (Fsp3) is 0.600. The van der Waals surface area contributed by atoms with Crippen molar-refractivity contribution in [2.24, 2.45) is 0 Å². The Balaban J connectivity index is 0.000000550. The van der Waals surface area contributed by atoms with E-state index >= 15 is 0 Å². The minimum absolute atomic E-state index is 0.172. The zero-order valence-electron chi connectivity index (χ0n) is 12.1. The van der Waals surface area contributed by atoms with Gasteiger partial charge >= 0.3 is 19.7 Å². The van der Waals surface area contributed by atoms with Crippen molar-refractivity contribution in [3.8, 4) is 0 Å². The number of nitrogens with zero attached hydrogens (tertiary/aromatic N) is 1. The summed E-state index contributed by atoms with van der Waals surface area (Å²) in [6.07, 6.45) is -8.04. The van der Waals surface area contributed by atoms with E-state index in [2.05, 4.69) is 0 Å². The molecule has 0 unspecified atom stereocenters. The molecule has 0 bridgehead atoms. The van der Waals surface area contributed by atoms with Gasteiger partial charge in [0.25, 0.3) is 5.56 Å². The van der Waals surface area contributed by atoms with Gasteiger partial charge in [0.2, 0.25) is 0 Å². The third-order valence-corrected chi connectivity index (χ3v) is 2.97. The van der Waals surface area contributed by atoms with Crippen LogP contribution in [0.15, 0.2) is 15.8 Å². The Labute approximate surface area is 136 Å². The highest BCUT2D eigenvalue weighted by Crippen LogP contribution is 2.30. The highest BCUT2D eigenvalue weighted by molar-refractivity contribution is 7.45. The molecule has 3 atom stereocenters. The molecule has 1 aliphatic rings. The predicted octanol–water partition coefficient (Wildman–Crippen LogP) is -1.73. The number of H-pyrrole nitrogens is 1. The average Bonchev–Trinajstić information content (AvgIpc) is 2.76. The molecule has 0 radical (unpaired) electrons. The molecule has 0 amide bonds. The number of nitrogens with one attached hydrogen (secondary N) is 1. The first-order valence-corrected chi connectivity index (χ1v) is 7.96.